The van der Waals surface area contributed by atoms with E-state index in [1.54, 1.807) is 24.3 Å². The molecule has 0 atom stereocenters. The second kappa shape index (κ2) is 10.9. The topological polar surface area (TPSA) is 104 Å². The number of alkyl halides is 3. The Bertz CT molecular complexity index is 1350. The largest absolute Gasteiger partial charge is 0.573 e. The molecule has 0 amide bonds. The van der Waals surface area contributed by atoms with Crippen molar-refractivity contribution in [1.29, 1.82) is 0 Å². The standard InChI is InChI=1S/C22H18ClF3N4O5/c1-29-19(28-13-34-16-3-2-4-17(11-16)35-22(24,25)26)18(20(32)30(9-10-31)21(29)33)27-12-14-5-7-15(23)8-6-14/h2-8,10-11,13,27H,9,12H2,1H3. The fourth-order valence-corrected chi connectivity index (χ4v) is 3.10. The molecule has 1 aromatic heterocycles. The molecule has 0 unspecified atom stereocenters. The van der Waals surface area contributed by atoms with E-state index in [-0.39, 0.29) is 23.8 Å². The molecule has 9 nitrogen and oxygen atoms in total. The highest BCUT2D eigenvalue weighted by Gasteiger charge is 2.31. The summed E-state index contributed by atoms with van der Waals surface area (Å²) in [6.07, 6.45) is -3.60. The van der Waals surface area contributed by atoms with Crippen molar-refractivity contribution in [1.82, 2.24) is 9.13 Å². The summed E-state index contributed by atoms with van der Waals surface area (Å²) < 4.78 is 48.1. The van der Waals surface area contributed by atoms with Crippen molar-refractivity contribution in [2.24, 2.45) is 12.0 Å². The van der Waals surface area contributed by atoms with Crippen LogP contribution in [0.1, 0.15) is 5.56 Å². The van der Waals surface area contributed by atoms with E-state index in [1.165, 1.54) is 19.2 Å². The third-order valence-corrected chi connectivity index (χ3v) is 4.81. The molecule has 0 fully saturated rings. The summed E-state index contributed by atoms with van der Waals surface area (Å²) in [6, 6.07) is 11.5. The summed E-state index contributed by atoms with van der Waals surface area (Å²) in [5, 5.41) is 3.43. The number of hydrogen-bond donors (Lipinski definition) is 1. The predicted octanol–water partition coefficient (Wildman–Crippen LogP) is 3.65. The molecule has 13 heteroatoms. The first-order chi connectivity index (χ1) is 16.6. The van der Waals surface area contributed by atoms with Crippen LogP contribution in [0.2, 0.25) is 5.02 Å². The van der Waals surface area contributed by atoms with E-state index in [9.17, 15) is 27.6 Å². The van der Waals surface area contributed by atoms with Gasteiger partial charge in [-0.05, 0) is 29.8 Å². The molecule has 0 radical (unpaired) electrons. The molecule has 35 heavy (non-hydrogen) atoms. The zero-order valence-electron chi connectivity index (χ0n) is 18.1. The number of rotatable bonds is 9. The van der Waals surface area contributed by atoms with Gasteiger partial charge in [-0.15, -0.1) is 13.2 Å². The van der Waals surface area contributed by atoms with E-state index in [2.05, 4.69) is 15.0 Å². The number of aromatic nitrogens is 2. The number of hydrogen-bond acceptors (Lipinski definition) is 7. The molecule has 1 heterocycles. The number of anilines is 1. The lowest BCUT2D eigenvalue weighted by molar-refractivity contribution is -0.274. The summed E-state index contributed by atoms with van der Waals surface area (Å²) in [6.45, 7) is -0.306. The molecule has 184 valence electrons. The van der Waals surface area contributed by atoms with Crippen LogP contribution in [0.4, 0.5) is 24.7 Å². The summed E-state index contributed by atoms with van der Waals surface area (Å²) in [5.74, 6) is -0.665. The Morgan fingerprint density at radius 3 is 2.46 bits per heavy atom. The second-order valence-corrected chi connectivity index (χ2v) is 7.41. The van der Waals surface area contributed by atoms with Crippen LogP contribution in [0, 0.1) is 0 Å². The molecule has 0 spiro atoms. The number of benzene rings is 2. The highest BCUT2D eigenvalue weighted by atomic mass is 35.5. The third kappa shape index (κ3) is 6.73. The fourth-order valence-electron chi connectivity index (χ4n) is 2.97. The van der Waals surface area contributed by atoms with Crippen LogP contribution in [0.15, 0.2) is 63.1 Å². The zero-order valence-corrected chi connectivity index (χ0v) is 18.8. The van der Waals surface area contributed by atoms with Crippen LogP contribution in [0.25, 0.3) is 0 Å². The van der Waals surface area contributed by atoms with E-state index in [0.717, 1.165) is 33.2 Å². The average molecular weight is 511 g/mol. The molecule has 1 N–H and O–H groups in total. The van der Waals surface area contributed by atoms with E-state index in [4.69, 9.17) is 16.3 Å². The lowest BCUT2D eigenvalue weighted by Gasteiger charge is -2.14. The Hall–Kier alpha value is -4.06. The number of carbonyl (C=O) groups excluding carboxylic acids is 1. The van der Waals surface area contributed by atoms with E-state index < -0.39 is 29.9 Å². The molecule has 0 bridgehead atoms. The quantitative estimate of drug-likeness (QED) is 0.268. The zero-order chi connectivity index (χ0) is 25.6. The van der Waals surface area contributed by atoms with Gasteiger partial charge in [-0.1, -0.05) is 29.8 Å². The van der Waals surface area contributed by atoms with Crippen LogP contribution >= 0.6 is 11.6 Å². The van der Waals surface area contributed by atoms with Gasteiger partial charge in [-0.2, -0.15) is 4.99 Å². The molecular formula is C22H18ClF3N4O5. The highest BCUT2D eigenvalue weighted by Crippen LogP contribution is 2.26. The maximum absolute atomic E-state index is 12.9. The van der Waals surface area contributed by atoms with Gasteiger partial charge in [-0.3, -0.25) is 13.9 Å². The van der Waals surface area contributed by atoms with E-state index >= 15 is 0 Å². The third-order valence-electron chi connectivity index (χ3n) is 4.56. The van der Waals surface area contributed by atoms with Crippen molar-refractivity contribution in [3.8, 4) is 11.5 Å². The maximum atomic E-state index is 12.9. The average Bonchev–Trinajstić information content (AvgIpc) is 2.80. The van der Waals surface area contributed by atoms with Gasteiger partial charge in [0.05, 0.1) is 6.54 Å². The first kappa shape index (κ1) is 25.6. The van der Waals surface area contributed by atoms with Crippen LogP contribution < -0.4 is 26.0 Å². The summed E-state index contributed by atoms with van der Waals surface area (Å²) in [5.41, 5.74) is -0.927. The molecule has 3 rings (SSSR count). The highest BCUT2D eigenvalue weighted by molar-refractivity contribution is 6.30. The number of ether oxygens (including phenoxy) is 2. The minimum atomic E-state index is -4.87. The van der Waals surface area contributed by atoms with Gasteiger partial charge in [0.1, 0.15) is 23.5 Å². The van der Waals surface area contributed by atoms with E-state index in [0.29, 0.717) is 11.3 Å². The van der Waals surface area contributed by atoms with Gasteiger partial charge in [0, 0.05) is 24.7 Å². The second-order valence-electron chi connectivity index (χ2n) is 6.98. The van der Waals surface area contributed by atoms with Crippen molar-refractivity contribution in [3.63, 3.8) is 0 Å². The Balaban J connectivity index is 1.92. The van der Waals surface area contributed by atoms with Crippen LogP contribution in [-0.4, -0.2) is 28.2 Å². The molecule has 2 aromatic carbocycles. The maximum Gasteiger partial charge on any atom is 0.573 e. The summed E-state index contributed by atoms with van der Waals surface area (Å²) >= 11 is 5.88. The van der Waals surface area contributed by atoms with Gasteiger partial charge in [-0.25, -0.2) is 4.79 Å². The molecule has 3 aromatic rings. The minimum Gasteiger partial charge on any atom is -0.446 e. The van der Waals surface area contributed by atoms with Crippen LogP contribution in [-0.2, 0) is 24.9 Å². The van der Waals surface area contributed by atoms with Crippen molar-refractivity contribution in [2.75, 3.05) is 5.32 Å². The van der Waals surface area contributed by atoms with Crippen molar-refractivity contribution < 1.29 is 27.4 Å². The summed E-state index contributed by atoms with van der Waals surface area (Å²) in [4.78, 5) is 40.5. The fraction of sp³-hybridized carbons (Fsp3) is 0.182. The number of halogens is 4. The predicted molar refractivity (Wildman–Crippen MR) is 123 cm³/mol. The van der Waals surface area contributed by atoms with Gasteiger partial charge in [0.25, 0.3) is 5.56 Å². The Morgan fingerprint density at radius 2 is 1.80 bits per heavy atom. The normalized spacial score (nSPS) is 11.5. The molecule has 0 aliphatic carbocycles. The first-order valence-corrected chi connectivity index (χ1v) is 10.3. The molecule has 0 saturated heterocycles. The number of carbonyl (C=O) groups is 1. The monoisotopic (exact) mass is 510 g/mol. The summed E-state index contributed by atoms with van der Waals surface area (Å²) in [7, 11) is 1.33. The van der Waals surface area contributed by atoms with Crippen molar-refractivity contribution >= 4 is 35.8 Å². The molecule has 0 saturated carbocycles. The number of aliphatic imine (C=N–C) groups is 1. The van der Waals surface area contributed by atoms with E-state index in [1.807, 2.05) is 0 Å². The van der Waals surface area contributed by atoms with Gasteiger partial charge in [0.15, 0.2) is 12.2 Å². The first-order valence-electron chi connectivity index (χ1n) is 9.90. The molecule has 0 aliphatic heterocycles. The van der Waals surface area contributed by atoms with Gasteiger partial charge < -0.3 is 19.6 Å². The van der Waals surface area contributed by atoms with Crippen molar-refractivity contribution in [3.05, 3.63) is 80.0 Å². The van der Waals surface area contributed by atoms with Crippen LogP contribution in [0.3, 0.4) is 0 Å². The van der Waals surface area contributed by atoms with Gasteiger partial charge in [0.2, 0.25) is 0 Å². The lowest BCUT2D eigenvalue weighted by atomic mass is 10.2. The molecular weight excluding hydrogens is 493 g/mol. The Labute approximate surface area is 201 Å². The lowest BCUT2D eigenvalue weighted by Crippen LogP contribution is -2.40. The number of aldehydes is 1. The van der Waals surface area contributed by atoms with Crippen molar-refractivity contribution in [2.45, 2.75) is 19.5 Å². The number of nitrogens with one attached hydrogen (secondary N) is 1. The number of nitrogens with zero attached hydrogens (tertiary/aromatic N) is 3. The minimum absolute atomic E-state index is 0.0366. The molecule has 0 aliphatic rings. The SMILES string of the molecule is Cn1c(N=COc2cccc(OC(F)(F)F)c2)c(NCc2ccc(Cl)cc2)c(=O)n(CC=O)c1=O. The Morgan fingerprint density at radius 1 is 1.11 bits per heavy atom. The Kier molecular flexibility index (Phi) is 7.97. The smallest absolute Gasteiger partial charge is 0.446 e. The van der Waals surface area contributed by atoms with Gasteiger partial charge >= 0.3 is 12.1 Å². The van der Waals surface area contributed by atoms with Crippen LogP contribution in [0.5, 0.6) is 11.5 Å².